The molecule has 8 nitrogen and oxygen atoms in total. The summed E-state index contributed by atoms with van der Waals surface area (Å²) in [5.74, 6) is 0.537. The van der Waals surface area contributed by atoms with Crippen molar-refractivity contribution in [3.05, 3.63) is 36.0 Å². The average molecular weight is 363 g/mol. The Morgan fingerprint density at radius 1 is 1.35 bits per heavy atom. The summed E-state index contributed by atoms with van der Waals surface area (Å²) < 4.78 is 24.5. The topological polar surface area (TPSA) is 102 Å². The van der Waals surface area contributed by atoms with E-state index in [0.717, 1.165) is 19.0 Å². The number of aromatic nitrogens is 3. The molecule has 0 aromatic carbocycles. The standard InChI is InChI=1S/C17H22FN5O3/c1-10(2)15-22-16(26-23-15)14(11-4-7-25-8-5-11)21-17(24)20-13-3-6-19-9-12(13)18/h3,6,9-11,14H,4-5,7-8H2,1-2H3,(H2,19,20,21,24)/t14-/m1/s1. The molecule has 2 aromatic rings. The normalized spacial score (nSPS) is 16.5. The fourth-order valence-electron chi connectivity index (χ4n) is 2.81. The van der Waals surface area contributed by atoms with E-state index < -0.39 is 17.9 Å². The molecular weight excluding hydrogens is 341 g/mol. The Hall–Kier alpha value is -2.55. The Morgan fingerprint density at radius 3 is 2.77 bits per heavy atom. The van der Waals surface area contributed by atoms with Gasteiger partial charge in [0, 0.05) is 25.3 Å². The Balaban J connectivity index is 1.76. The Bertz CT molecular complexity index is 746. The predicted octanol–water partition coefficient (Wildman–Crippen LogP) is 3.02. The third-order valence-corrected chi connectivity index (χ3v) is 4.28. The van der Waals surface area contributed by atoms with Gasteiger partial charge in [-0.05, 0) is 24.8 Å². The number of nitrogens with one attached hydrogen (secondary N) is 2. The summed E-state index contributed by atoms with van der Waals surface area (Å²) in [5, 5.41) is 9.31. The molecule has 1 saturated heterocycles. The van der Waals surface area contributed by atoms with Crippen LogP contribution in [0, 0.1) is 11.7 Å². The molecule has 2 amide bonds. The van der Waals surface area contributed by atoms with Crippen LogP contribution in [-0.2, 0) is 4.74 Å². The zero-order chi connectivity index (χ0) is 18.5. The Kier molecular flexibility index (Phi) is 5.77. The summed E-state index contributed by atoms with van der Waals surface area (Å²) >= 11 is 0. The van der Waals surface area contributed by atoms with Gasteiger partial charge in [0.15, 0.2) is 11.6 Å². The highest BCUT2D eigenvalue weighted by Gasteiger charge is 2.31. The molecule has 2 aromatic heterocycles. The third-order valence-electron chi connectivity index (χ3n) is 4.28. The molecule has 0 bridgehead atoms. The molecule has 1 atom stereocenters. The van der Waals surface area contributed by atoms with Crippen LogP contribution in [0.3, 0.4) is 0 Å². The summed E-state index contributed by atoms with van der Waals surface area (Å²) in [6.07, 6.45) is 3.96. The van der Waals surface area contributed by atoms with E-state index in [2.05, 4.69) is 25.8 Å². The van der Waals surface area contributed by atoms with E-state index in [-0.39, 0.29) is 17.5 Å². The van der Waals surface area contributed by atoms with Gasteiger partial charge in [-0.2, -0.15) is 4.98 Å². The number of hydrogen-bond donors (Lipinski definition) is 2. The smallest absolute Gasteiger partial charge is 0.319 e. The van der Waals surface area contributed by atoms with Crippen molar-refractivity contribution in [3.63, 3.8) is 0 Å². The van der Waals surface area contributed by atoms with Gasteiger partial charge in [0.2, 0.25) is 5.89 Å². The largest absolute Gasteiger partial charge is 0.381 e. The molecule has 3 heterocycles. The van der Waals surface area contributed by atoms with E-state index in [1.165, 1.54) is 12.3 Å². The van der Waals surface area contributed by atoms with Crippen LogP contribution in [0.15, 0.2) is 23.0 Å². The molecule has 0 unspecified atom stereocenters. The number of anilines is 1. The number of carbonyl (C=O) groups is 1. The number of hydrogen-bond acceptors (Lipinski definition) is 6. The Morgan fingerprint density at radius 2 is 2.12 bits per heavy atom. The van der Waals surface area contributed by atoms with E-state index in [1.807, 2.05) is 13.8 Å². The van der Waals surface area contributed by atoms with Crippen molar-refractivity contribution in [3.8, 4) is 0 Å². The van der Waals surface area contributed by atoms with Crippen LogP contribution in [0.25, 0.3) is 0 Å². The van der Waals surface area contributed by atoms with Crippen molar-refractivity contribution in [1.29, 1.82) is 0 Å². The van der Waals surface area contributed by atoms with Crippen molar-refractivity contribution >= 4 is 11.7 Å². The van der Waals surface area contributed by atoms with Gasteiger partial charge in [-0.25, -0.2) is 9.18 Å². The molecule has 0 radical (unpaired) electrons. The lowest BCUT2D eigenvalue weighted by Crippen LogP contribution is -2.38. The molecule has 0 saturated carbocycles. The summed E-state index contributed by atoms with van der Waals surface area (Å²) in [6.45, 7) is 5.14. The fourth-order valence-corrected chi connectivity index (χ4v) is 2.81. The number of amides is 2. The van der Waals surface area contributed by atoms with E-state index in [0.29, 0.717) is 24.9 Å². The van der Waals surface area contributed by atoms with E-state index in [9.17, 15) is 9.18 Å². The molecule has 1 fully saturated rings. The number of rotatable bonds is 5. The summed E-state index contributed by atoms with van der Waals surface area (Å²) in [6, 6.07) is 0.377. The number of nitrogens with zero attached hydrogens (tertiary/aromatic N) is 3. The SMILES string of the molecule is CC(C)c1noc([C@H](NC(=O)Nc2ccncc2F)C2CCOCC2)n1. The van der Waals surface area contributed by atoms with Crippen LogP contribution < -0.4 is 10.6 Å². The van der Waals surface area contributed by atoms with Gasteiger partial charge in [-0.15, -0.1) is 0 Å². The first-order valence-corrected chi connectivity index (χ1v) is 8.63. The van der Waals surface area contributed by atoms with Crippen molar-refractivity contribution in [2.24, 2.45) is 5.92 Å². The zero-order valence-electron chi connectivity index (χ0n) is 14.7. The maximum absolute atomic E-state index is 13.7. The lowest BCUT2D eigenvalue weighted by atomic mass is 9.91. The number of urea groups is 1. The maximum atomic E-state index is 13.7. The summed E-state index contributed by atoms with van der Waals surface area (Å²) in [7, 11) is 0. The molecule has 0 aliphatic carbocycles. The van der Waals surface area contributed by atoms with Gasteiger partial charge < -0.3 is 19.9 Å². The van der Waals surface area contributed by atoms with E-state index in [1.54, 1.807) is 0 Å². The van der Waals surface area contributed by atoms with Gasteiger partial charge in [-0.1, -0.05) is 19.0 Å². The molecule has 3 rings (SSSR count). The van der Waals surface area contributed by atoms with Crippen LogP contribution in [-0.4, -0.2) is 34.4 Å². The highest BCUT2D eigenvalue weighted by molar-refractivity contribution is 5.89. The van der Waals surface area contributed by atoms with Crippen LogP contribution in [0.5, 0.6) is 0 Å². The van der Waals surface area contributed by atoms with Crippen LogP contribution in [0.4, 0.5) is 14.9 Å². The van der Waals surface area contributed by atoms with Gasteiger partial charge in [0.05, 0.1) is 11.9 Å². The van der Waals surface area contributed by atoms with Crippen molar-refractivity contribution in [1.82, 2.24) is 20.4 Å². The molecule has 0 spiro atoms. The minimum Gasteiger partial charge on any atom is -0.381 e. The van der Waals surface area contributed by atoms with Crippen molar-refractivity contribution in [2.75, 3.05) is 18.5 Å². The second-order valence-corrected chi connectivity index (χ2v) is 6.53. The zero-order valence-corrected chi connectivity index (χ0v) is 14.7. The first-order valence-electron chi connectivity index (χ1n) is 8.63. The van der Waals surface area contributed by atoms with Crippen LogP contribution in [0.1, 0.15) is 50.4 Å². The summed E-state index contributed by atoms with van der Waals surface area (Å²) in [4.78, 5) is 20.5. The van der Waals surface area contributed by atoms with Gasteiger partial charge in [-0.3, -0.25) is 4.98 Å². The maximum Gasteiger partial charge on any atom is 0.319 e. The minimum absolute atomic E-state index is 0.0524. The number of ether oxygens (including phenoxy) is 1. The minimum atomic E-state index is -0.606. The number of pyridine rings is 1. The van der Waals surface area contributed by atoms with Gasteiger partial charge >= 0.3 is 6.03 Å². The first kappa shape index (κ1) is 18.2. The second-order valence-electron chi connectivity index (χ2n) is 6.53. The van der Waals surface area contributed by atoms with E-state index in [4.69, 9.17) is 9.26 Å². The monoisotopic (exact) mass is 363 g/mol. The lowest BCUT2D eigenvalue weighted by molar-refractivity contribution is 0.0506. The number of carbonyl (C=O) groups excluding carboxylic acids is 1. The fraction of sp³-hybridized carbons (Fsp3) is 0.529. The lowest BCUT2D eigenvalue weighted by Gasteiger charge is -2.28. The molecule has 26 heavy (non-hydrogen) atoms. The quantitative estimate of drug-likeness (QED) is 0.847. The van der Waals surface area contributed by atoms with Gasteiger partial charge in [0.25, 0.3) is 0 Å². The molecule has 140 valence electrons. The first-order chi connectivity index (χ1) is 12.5. The molecule has 2 N–H and O–H groups in total. The third kappa shape index (κ3) is 4.34. The van der Waals surface area contributed by atoms with Crippen molar-refractivity contribution < 1.29 is 18.4 Å². The van der Waals surface area contributed by atoms with Crippen molar-refractivity contribution in [2.45, 2.75) is 38.6 Å². The van der Waals surface area contributed by atoms with Gasteiger partial charge in [0.1, 0.15) is 6.04 Å². The second kappa shape index (κ2) is 8.22. The predicted molar refractivity (Wildman–Crippen MR) is 91.0 cm³/mol. The molecule has 1 aliphatic rings. The highest BCUT2D eigenvalue weighted by Crippen LogP contribution is 2.30. The van der Waals surface area contributed by atoms with Crippen LogP contribution in [0.2, 0.25) is 0 Å². The van der Waals surface area contributed by atoms with E-state index >= 15 is 0 Å². The molecule has 9 heteroatoms. The van der Waals surface area contributed by atoms with Crippen LogP contribution >= 0.6 is 0 Å². The average Bonchev–Trinajstić information content (AvgIpc) is 3.12. The Labute approximate surface area is 150 Å². The number of halogens is 1. The molecule has 1 aliphatic heterocycles. The summed E-state index contributed by atoms with van der Waals surface area (Å²) in [5.41, 5.74) is 0.0524. The molecular formula is C17H22FN5O3. The highest BCUT2D eigenvalue weighted by atomic mass is 19.1.